The molecule has 174 valence electrons. The van der Waals surface area contributed by atoms with E-state index in [2.05, 4.69) is 53.4 Å². The molecule has 1 heterocycles. The number of nitrogens with zero attached hydrogens (tertiary/aromatic N) is 3. The summed E-state index contributed by atoms with van der Waals surface area (Å²) >= 11 is 6.21. The van der Waals surface area contributed by atoms with E-state index in [1.807, 2.05) is 60.7 Å². The number of amidine groups is 1. The summed E-state index contributed by atoms with van der Waals surface area (Å²) in [6, 6.07) is 36.6. The molecular formula is C30H26ClN3O. The number of hydrogen-bond donors (Lipinski definition) is 0. The molecule has 4 nitrogen and oxygen atoms in total. The third-order valence-electron chi connectivity index (χ3n) is 6.04. The summed E-state index contributed by atoms with van der Waals surface area (Å²) in [5.41, 5.74) is 5.46. The van der Waals surface area contributed by atoms with Crippen LogP contribution in [0.25, 0.3) is 0 Å². The van der Waals surface area contributed by atoms with Crippen molar-refractivity contribution >= 4 is 28.8 Å². The largest absolute Gasteiger partial charge is 0.497 e. The summed E-state index contributed by atoms with van der Waals surface area (Å²) in [6.45, 7) is 1.18. The molecule has 0 saturated carbocycles. The highest BCUT2D eigenvalue weighted by atomic mass is 35.5. The summed E-state index contributed by atoms with van der Waals surface area (Å²) in [7, 11) is 1.68. The van der Waals surface area contributed by atoms with Crippen molar-refractivity contribution < 1.29 is 4.74 Å². The molecule has 4 aromatic rings. The molecule has 0 amide bonds. The molecule has 0 radical (unpaired) electrons. The molecule has 1 saturated heterocycles. The van der Waals surface area contributed by atoms with Gasteiger partial charge in [-0.05, 0) is 53.1 Å². The maximum atomic E-state index is 6.21. The van der Waals surface area contributed by atoms with Crippen LogP contribution in [-0.4, -0.2) is 18.7 Å². The standard InChI is InChI=1S/C30H26ClN3O/c1-35-27-18-16-26(17-19-27)34-29(24-12-14-25(31)15-13-24)28(32-20-22-8-4-2-5-9-22)30(34)33-21-23-10-6-3-7-11-23/h2-19,29H,20-21H2,1H3. The third-order valence-corrected chi connectivity index (χ3v) is 6.29. The van der Waals surface area contributed by atoms with Gasteiger partial charge in [-0.15, -0.1) is 0 Å². The number of aliphatic imine (C=N–C) groups is 2. The number of methoxy groups -OCH3 is 1. The SMILES string of the molecule is COc1ccc(N2C(=NCc3ccccc3)C(=NCc3ccccc3)C2c2ccc(Cl)cc2)cc1. The lowest BCUT2D eigenvalue weighted by Gasteiger charge is -2.45. The predicted molar refractivity (Wildman–Crippen MR) is 145 cm³/mol. The van der Waals surface area contributed by atoms with Crippen LogP contribution in [-0.2, 0) is 13.1 Å². The monoisotopic (exact) mass is 479 g/mol. The molecular weight excluding hydrogens is 454 g/mol. The van der Waals surface area contributed by atoms with E-state index in [0.29, 0.717) is 18.1 Å². The molecule has 0 aliphatic carbocycles. The van der Waals surface area contributed by atoms with Crippen LogP contribution in [0.4, 0.5) is 5.69 Å². The Labute approximate surface area is 211 Å². The van der Waals surface area contributed by atoms with Crippen molar-refractivity contribution in [3.63, 3.8) is 0 Å². The second kappa shape index (κ2) is 10.6. The number of rotatable bonds is 7. The van der Waals surface area contributed by atoms with Crippen LogP contribution in [0.1, 0.15) is 22.7 Å². The van der Waals surface area contributed by atoms with Crippen LogP contribution in [0.15, 0.2) is 119 Å². The van der Waals surface area contributed by atoms with E-state index in [9.17, 15) is 0 Å². The number of benzene rings is 4. The van der Waals surface area contributed by atoms with Gasteiger partial charge in [-0.2, -0.15) is 0 Å². The summed E-state index contributed by atoms with van der Waals surface area (Å²) in [6.07, 6.45) is 0. The fourth-order valence-electron chi connectivity index (χ4n) is 4.21. The fourth-order valence-corrected chi connectivity index (χ4v) is 4.34. The molecule has 1 fully saturated rings. The van der Waals surface area contributed by atoms with Gasteiger partial charge in [-0.1, -0.05) is 84.4 Å². The molecule has 1 unspecified atom stereocenters. The first-order valence-electron chi connectivity index (χ1n) is 11.6. The smallest absolute Gasteiger partial charge is 0.153 e. The minimum absolute atomic E-state index is 0.0566. The normalized spacial score (nSPS) is 17.4. The molecule has 1 atom stereocenters. The first-order valence-corrected chi connectivity index (χ1v) is 12.0. The van der Waals surface area contributed by atoms with Crippen molar-refractivity contribution in [2.24, 2.45) is 9.98 Å². The fraction of sp³-hybridized carbons (Fsp3) is 0.133. The van der Waals surface area contributed by atoms with Gasteiger partial charge >= 0.3 is 0 Å². The van der Waals surface area contributed by atoms with Crippen LogP contribution in [0.2, 0.25) is 5.02 Å². The number of hydrogen-bond acceptors (Lipinski definition) is 3. The van der Waals surface area contributed by atoms with Gasteiger partial charge in [-0.25, -0.2) is 0 Å². The van der Waals surface area contributed by atoms with Crippen molar-refractivity contribution in [3.8, 4) is 5.75 Å². The first kappa shape index (κ1) is 22.9. The lowest BCUT2D eigenvalue weighted by molar-refractivity contribution is 0.415. The Morgan fingerprint density at radius 3 is 1.86 bits per heavy atom. The average Bonchev–Trinajstić information content (AvgIpc) is 2.90. The molecule has 0 spiro atoms. The Bertz CT molecular complexity index is 1320. The molecule has 5 rings (SSSR count). The van der Waals surface area contributed by atoms with Gasteiger partial charge in [0.15, 0.2) is 5.84 Å². The average molecular weight is 480 g/mol. The van der Waals surface area contributed by atoms with Gasteiger partial charge in [-0.3, -0.25) is 9.98 Å². The highest BCUT2D eigenvalue weighted by molar-refractivity contribution is 6.56. The van der Waals surface area contributed by atoms with Gasteiger partial charge in [0, 0.05) is 10.7 Å². The molecule has 35 heavy (non-hydrogen) atoms. The Balaban J connectivity index is 1.57. The zero-order valence-electron chi connectivity index (χ0n) is 19.5. The summed E-state index contributed by atoms with van der Waals surface area (Å²) in [5, 5.41) is 0.713. The molecule has 5 heteroatoms. The van der Waals surface area contributed by atoms with Crippen molar-refractivity contribution in [1.29, 1.82) is 0 Å². The number of ether oxygens (including phenoxy) is 1. The molecule has 0 N–H and O–H groups in total. The van der Waals surface area contributed by atoms with Gasteiger partial charge in [0.25, 0.3) is 0 Å². The van der Waals surface area contributed by atoms with Crippen LogP contribution >= 0.6 is 11.6 Å². The highest BCUT2D eigenvalue weighted by Crippen LogP contribution is 2.39. The van der Waals surface area contributed by atoms with Crippen molar-refractivity contribution in [1.82, 2.24) is 0 Å². The van der Waals surface area contributed by atoms with E-state index in [1.54, 1.807) is 7.11 Å². The van der Waals surface area contributed by atoms with E-state index in [-0.39, 0.29) is 6.04 Å². The molecule has 0 aromatic heterocycles. The van der Waals surface area contributed by atoms with Gasteiger partial charge in [0.05, 0.1) is 20.2 Å². The van der Waals surface area contributed by atoms with E-state index in [1.165, 1.54) is 5.56 Å². The van der Waals surface area contributed by atoms with E-state index < -0.39 is 0 Å². The van der Waals surface area contributed by atoms with Crippen molar-refractivity contribution in [3.05, 3.63) is 131 Å². The van der Waals surface area contributed by atoms with Gasteiger partial charge in [0.2, 0.25) is 0 Å². The minimum Gasteiger partial charge on any atom is -0.497 e. The Hall–Kier alpha value is -3.89. The van der Waals surface area contributed by atoms with Crippen LogP contribution in [0.5, 0.6) is 5.75 Å². The second-order valence-corrected chi connectivity index (χ2v) is 8.77. The van der Waals surface area contributed by atoms with Crippen molar-refractivity contribution in [2.75, 3.05) is 12.0 Å². The first-order chi connectivity index (χ1) is 17.2. The number of anilines is 1. The second-order valence-electron chi connectivity index (χ2n) is 8.33. The predicted octanol–water partition coefficient (Wildman–Crippen LogP) is 7.15. The van der Waals surface area contributed by atoms with Crippen LogP contribution < -0.4 is 9.64 Å². The highest BCUT2D eigenvalue weighted by Gasteiger charge is 2.43. The van der Waals surface area contributed by atoms with Crippen molar-refractivity contribution in [2.45, 2.75) is 19.1 Å². The zero-order chi connectivity index (χ0) is 24.0. The zero-order valence-corrected chi connectivity index (χ0v) is 20.3. The van der Waals surface area contributed by atoms with Crippen LogP contribution in [0, 0.1) is 0 Å². The molecule has 4 aromatic carbocycles. The van der Waals surface area contributed by atoms with Gasteiger partial charge in [0.1, 0.15) is 17.5 Å². The van der Waals surface area contributed by atoms with Crippen LogP contribution in [0.3, 0.4) is 0 Å². The summed E-state index contributed by atoms with van der Waals surface area (Å²) in [4.78, 5) is 12.4. The Morgan fingerprint density at radius 1 is 0.714 bits per heavy atom. The van der Waals surface area contributed by atoms with E-state index in [0.717, 1.165) is 34.1 Å². The van der Waals surface area contributed by atoms with E-state index in [4.69, 9.17) is 26.3 Å². The summed E-state index contributed by atoms with van der Waals surface area (Å²) < 4.78 is 5.38. The maximum absolute atomic E-state index is 6.21. The number of halogens is 1. The molecule has 1 aliphatic heterocycles. The maximum Gasteiger partial charge on any atom is 0.153 e. The van der Waals surface area contributed by atoms with Gasteiger partial charge < -0.3 is 9.64 Å². The minimum atomic E-state index is -0.0566. The Morgan fingerprint density at radius 2 is 1.29 bits per heavy atom. The third kappa shape index (κ3) is 5.13. The molecule has 1 aliphatic rings. The molecule has 0 bridgehead atoms. The van der Waals surface area contributed by atoms with E-state index >= 15 is 0 Å². The summed E-state index contributed by atoms with van der Waals surface area (Å²) in [5.74, 6) is 1.70. The Kier molecular flexibility index (Phi) is 6.92. The quantitative estimate of drug-likeness (QED) is 0.282. The lowest BCUT2D eigenvalue weighted by Crippen LogP contribution is -2.56. The topological polar surface area (TPSA) is 37.2 Å². The lowest BCUT2D eigenvalue weighted by atomic mass is 9.89.